The van der Waals surface area contributed by atoms with E-state index in [2.05, 4.69) is 5.32 Å². The Morgan fingerprint density at radius 2 is 1.84 bits per heavy atom. The first kappa shape index (κ1) is 16.1. The van der Waals surface area contributed by atoms with Gasteiger partial charge in [0.15, 0.2) is 0 Å². The van der Waals surface area contributed by atoms with E-state index in [0.29, 0.717) is 12.0 Å². The van der Waals surface area contributed by atoms with Gasteiger partial charge in [-0.25, -0.2) is 8.78 Å². The molecular formula is C15H23F2NO. The number of unbranched alkanes of at least 4 members (excludes halogenated alkanes) is 3. The van der Waals surface area contributed by atoms with Gasteiger partial charge in [-0.15, -0.1) is 0 Å². The maximum atomic E-state index is 13.3. The number of hydrogen-bond donors (Lipinski definition) is 1. The van der Waals surface area contributed by atoms with E-state index >= 15 is 0 Å². The average Bonchev–Trinajstić information content (AvgIpc) is 2.40. The van der Waals surface area contributed by atoms with E-state index in [4.69, 9.17) is 4.74 Å². The zero-order valence-corrected chi connectivity index (χ0v) is 11.6. The molecule has 0 atom stereocenters. The predicted molar refractivity (Wildman–Crippen MR) is 73.3 cm³/mol. The van der Waals surface area contributed by atoms with Crippen LogP contribution in [-0.2, 0) is 11.2 Å². The van der Waals surface area contributed by atoms with Gasteiger partial charge >= 0.3 is 0 Å². The summed E-state index contributed by atoms with van der Waals surface area (Å²) in [7, 11) is 1.69. The van der Waals surface area contributed by atoms with Crippen molar-refractivity contribution in [3.63, 3.8) is 0 Å². The molecule has 0 bridgehead atoms. The minimum Gasteiger partial charge on any atom is -0.383 e. The number of benzene rings is 1. The van der Waals surface area contributed by atoms with Crippen LogP contribution in [0.5, 0.6) is 0 Å². The smallest absolute Gasteiger partial charge is 0.126 e. The number of nitrogens with one attached hydrogen (secondary N) is 1. The Bertz CT molecular complexity index is 358. The Morgan fingerprint density at radius 1 is 1.05 bits per heavy atom. The molecule has 0 fully saturated rings. The van der Waals surface area contributed by atoms with Crippen molar-refractivity contribution in [1.29, 1.82) is 0 Å². The van der Waals surface area contributed by atoms with E-state index < -0.39 is 0 Å². The van der Waals surface area contributed by atoms with Crippen LogP contribution in [0.4, 0.5) is 8.78 Å². The van der Waals surface area contributed by atoms with Crippen LogP contribution in [0.25, 0.3) is 0 Å². The molecule has 108 valence electrons. The number of rotatable bonds is 10. The second kappa shape index (κ2) is 9.87. The van der Waals surface area contributed by atoms with Crippen molar-refractivity contribution in [3.8, 4) is 0 Å². The monoisotopic (exact) mass is 271 g/mol. The topological polar surface area (TPSA) is 21.3 Å². The maximum absolute atomic E-state index is 13.3. The molecule has 0 amide bonds. The molecule has 0 aliphatic heterocycles. The molecule has 0 unspecified atom stereocenters. The molecule has 0 spiro atoms. The summed E-state index contributed by atoms with van der Waals surface area (Å²) in [6.07, 6.45) is 4.77. The normalized spacial score (nSPS) is 10.9. The van der Waals surface area contributed by atoms with Gasteiger partial charge in [0.2, 0.25) is 0 Å². The van der Waals surface area contributed by atoms with E-state index in [9.17, 15) is 8.78 Å². The third-order valence-corrected chi connectivity index (χ3v) is 3.04. The van der Waals surface area contributed by atoms with Crippen LogP contribution in [0.1, 0.15) is 31.2 Å². The van der Waals surface area contributed by atoms with Crippen LogP contribution in [0, 0.1) is 11.6 Å². The van der Waals surface area contributed by atoms with Crippen LogP contribution >= 0.6 is 0 Å². The fourth-order valence-electron chi connectivity index (χ4n) is 1.95. The summed E-state index contributed by atoms with van der Waals surface area (Å²) in [6.45, 7) is 2.60. The highest BCUT2D eigenvalue weighted by atomic mass is 19.1. The van der Waals surface area contributed by atoms with Crippen molar-refractivity contribution in [3.05, 3.63) is 35.4 Å². The molecular weight excluding hydrogens is 248 g/mol. The SMILES string of the molecule is COCCNCCCCCCc1cc(F)ccc1F. The predicted octanol–water partition coefficient (Wildman–Crippen LogP) is 3.30. The Morgan fingerprint density at radius 3 is 2.63 bits per heavy atom. The van der Waals surface area contributed by atoms with E-state index in [1.807, 2.05) is 0 Å². The Labute approximate surface area is 114 Å². The van der Waals surface area contributed by atoms with E-state index in [-0.39, 0.29) is 11.6 Å². The van der Waals surface area contributed by atoms with Crippen molar-refractivity contribution in [2.75, 3.05) is 26.8 Å². The largest absolute Gasteiger partial charge is 0.383 e. The minimum atomic E-state index is -0.362. The summed E-state index contributed by atoms with van der Waals surface area (Å²) in [5.41, 5.74) is 0.484. The molecule has 1 rings (SSSR count). The molecule has 0 heterocycles. The molecule has 0 aromatic heterocycles. The summed E-state index contributed by atoms with van der Waals surface area (Å²) in [6, 6.07) is 3.65. The summed E-state index contributed by atoms with van der Waals surface area (Å²) in [5, 5.41) is 3.28. The first-order chi connectivity index (χ1) is 9.24. The fourth-order valence-corrected chi connectivity index (χ4v) is 1.95. The Kier molecular flexibility index (Phi) is 8.34. The fraction of sp³-hybridized carbons (Fsp3) is 0.600. The van der Waals surface area contributed by atoms with Gasteiger partial charge in [-0.2, -0.15) is 0 Å². The van der Waals surface area contributed by atoms with Gasteiger partial charge in [0, 0.05) is 13.7 Å². The summed E-state index contributed by atoms with van der Waals surface area (Å²) in [5.74, 6) is -0.665. The molecule has 0 saturated carbocycles. The lowest BCUT2D eigenvalue weighted by Crippen LogP contribution is -2.20. The molecule has 19 heavy (non-hydrogen) atoms. The number of aryl methyl sites for hydroxylation is 1. The second-order valence-electron chi connectivity index (χ2n) is 4.64. The average molecular weight is 271 g/mol. The molecule has 0 aliphatic rings. The lowest BCUT2D eigenvalue weighted by Gasteiger charge is -2.05. The van der Waals surface area contributed by atoms with Gasteiger partial charge in [-0.3, -0.25) is 0 Å². The number of ether oxygens (including phenoxy) is 1. The van der Waals surface area contributed by atoms with Gasteiger partial charge in [0.05, 0.1) is 6.61 Å². The highest BCUT2D eigenvalue weighted by molar-refractivity contribution is 5.18. The zero-order chi connectivity index (χ0) is 13.9. The van der Waals surface area contributed by atoms with Crippen LogP contribution in [0.2, 0.25) is 0 Å². The molecule has 1 N–H and O–H groups in total. The first-order valence-electron chi connectivity index (χ1n) is 6.87. The maximum Gasteiger partial charge on any atom is 0.126 e. The Hall–Kier alpha value is -1.00. The van der Waals surface area contributed by atoms with Gasteiger partial charge in [-0.05, 0) is 49.6 Å². The van der Waals surface area contributed by atoms with Gasteiger partial charge in [-0.1, -0.05) is 12.8 Å². The van der Waals surface area contributed by atoms with Crippen LogP contribution in [0.15, 0.2) is 18.2 Å². The van der Waals surface area contributed by atoms with E-state index in [1.54, 1.807) is 7.11 Å². The van der Waals surface area contributed by atoms with Crippen molar-refractivity contribution >= 4 is 0 Å². The lowest BCUT2D eigenvalue weighted by molar-refractivity contribution is 0.199. The zero-order valence-electron chi connectivity index (χ0n) is 11.6. The van der Waals surface area contributed by atoms with Crippen molar-refractivity contribution < 1.29 is 13.5 Å². The summed E-state index contributed by atoms with van der Waals surface area (Å²) >= 11 is 0. The number of halogens is 2. The highest BCUT2D eigenvalue weighted by Crippen LogP contribution is 2.13. The summed E-state index contributed by atoms with van der Waals surface area (Å²) in [4.78, 5) is 0. The second-order valence-corrected chi connectivity index (χ2v) is 4.64. The highest BCUT2D eigenvalue weighted by Gasteiger charge is 2.03. The molecule has 4 heteroatoms. The van der Waals surface area contributed by atoms with E-state index in [1.165, 1.54) is 12.1 Å². The molecule has 2 nitrogen and oxygen atoms in total. The standard InChI is InChI=1S/C15H23F2NO/c1-19-11-10-18-9-5-3-2-4-6-13-12-14(16)7-8-15(13)17/h7-8,12,18H,2-6,9-11H2,1H3. The minimum absolute atomic E-state index is 0.303. The third kappa shape index (κ3) is 7.23. The van der Waals surface area contributed by atoms with Crippen LogP contribution in [-0.4, -0.2) is 26.8 Å². The number of hydrogen-bond acceptors (Lipinski definition) is 2. The first-order valence-corrected chi connectivity index (χ1v) is 6.87. The molecule has 1 aromatic carbocycles. The van der Waals surface area contributed by atoms with Gasteiger partial charge < -0.3 is 10.1 Å². The number of methoxy groups -OCH3 is 1. The van der Waals surface area contributed by atoms with Gasteiger partial charge in [0.1, 0.15) is 11.6 Å². The van der Waals surface area contributed by atoms with Crippen molar-refractivity contribution in [2.45, 2.75) is 32.1 Å². The van der Waals surface area contributed by atoms with Crippen molar-refractivity contribution in [1.82, 2.24) is 5.32 Å². The van der Waals surface area contributed by atoms with Crippen LogP contribution in [0.3, 0.4) is 0 Å². The summed E-state index contributed by atoms with van der Waals surface area (Å²) < 4.78 is 31.2. The van der Waals surface area contributed by atoms with Gasteiger partial charge in [0.25, 0.3) is 0 Å². The van der Waals surface area contributed by atoms with Crippen molar-refractivity contribution in [2.24, 2.45) is 0 Å². The third-order valence-electron chi connectivity index (χ3n) is 3.04. The van der Waals surface area contributed by atoms with E-state index in [0.717, 1.165) is 51.4 Å². The Balaban J connectivity index is 2.03. The molecule has 1 aromatic rings. The lowest BCUT2D eigenvalue weighted by atomic mass is 10.1. The molecule has 0 saturated heterocycles. The quantitative estimate of drug-likeness (QED) is 0.659. The molecule has 0 aliphatic carbocycles. The van der Waals surface area contributed by atoms with Crippen LogP contribution < -0.4 is 5.32 Å². The molecule has 0 radical (unpaired) electrons.